The Morgan fingerprint density at radius 2 is 1.09 bits per heavy atom. The van der Waals surface area contributed by atoms with Crippen LogP contribution in [0.5, 0.6) is 0 Å². The number of amides is 8. The van der Waals surface area contributed by atoms with Crippen LogP contribution in [0.3, 0.4) is 0 Å². The minimum atomic E-state index is -1.61. The molecule has 0 spiro atoms. The normalized spacial score (nSPS) is 19.8. The molecule has 3 rings (SSSR count). The molecule has 1 aliphatic heterocycles. The second kappa shape index (κ2) is 26.7. The summed E-state index contributed by atoms with van der Waals surface area (Å²) in [6.45, 7) is 4.94. The summed E-state index contributed by atoms with van der Waals surface area (Å²) < 4.78 is 0. The average molecular weight is 923 g/mol. The van der Waals surface area contributed by atoms with Crippen LogP contribution in [0.25, 0.3) is 0 Å². The highest BCUT2D eigenvalue weighted by Crippen LogP contribution is 2.29. The Balaban J connectivity index is 1.81. The molecule has 1 heterocycles. The maximum Gasteiger partial charge on any atom is 0.305 e. The number of carbonyl (C=O) groups is 10. The van der Waals surface area contributed by atoms with Gasteiger partial charge in [0, 0.05) is 25.6 Å². The van der Waals surface area contributed by atoms with E-state index < -0.39 is 114 Å². The van der Waals surface area contributed by atoms with E-state index in [1.807, 2.05) is 13.8 Å². The number of rotatable bonds is 25. The van der Waals surface area contributed by atoms with Gasteiger partial charge in [0.15, 0.2) is 0 Å². The Labute approximate surface area is 380 Å². The van der Waals surface area contributed by atoms with Gasteiger partial charge in [0.1, 0.15) is 42.3 Å². The number of thiol groups is 1. The molecule has 1 saturated heterocycles. The third-order valence-electron chi connectivity index (χ3n) is 12.2. The van der Waals surface area contributed by atoms with Crippen molar-refractivity contribution >= 4 is 71.8 Å². The number of aliphatic carboxylic acids is 2. The SMILES string of the molecule is CC(=O)N[C@@H](CCC(=O)O)C(=O)N[C@@H](CC1CCCCC1)C(=O)N[C@@H](CS)C(=O)N1CCC[C@H]1C(=O)N[C@@H](CC1CCCCC1)C(=O)N[C@@H](CC(=O)O)C(=O)N[C@@H](CC(C)C)C(N)=O. The summed E-state index contributed by atoms with van der Waals surface area (Å²) in [6.07, 6.45) is 8.71. The van der Waals surface area contributed by atoms with E-state index in [2.05, 4.69) is 44.5 Å². The molecule has 64 heavy (non-hydrogen) atoms. The summed E-state index contributed by atoms with van der Waals surface area (Å²) >= 11 is 4.36. The molecule has 0 aromatic carbocycles. The standard InChI is InChI=1S/C43H70N8O12S/c1-24(2)19-29(37(44)57)46-41(61)32(22-36(55)56)48-39(59)31(21-27-13-8-5-9-14-27)49-42(62)34-15-10-18-51(34)43(63)33(23-64)50-40(60)30(20-26-11-6-4-7-12-26)47-38(58)28(45-25(3)52)16-17-35(53)54/h24,26-34,64H,4-23H2,1-3H3,(H2,44,57)(H,45,52)(H,46,61)(H,47,58)(H,48,59)(H,49,62)(H,50,60)(H,53,54)(H,55,56)/t28-,29-,30-,31-,32-,33-,34-/m0/s1. The predicted octanol–water partition coefficient (Wildman–Crippen LogP) is 0.648. The maximum absolute atomic E-state index is 14.2. The molecular weight excluding hydrogens is 853 g/mol. The van der Waals surface area contributed by atoms with Gasteiger partial charge in [0.2, 0.25) is 47.3 Å². The lowest BCUT2D eigenvalue weighted by atomic mass is 9.84. The fourth-order valence-electron chi connectivity index (χ4n) is 8.90. The lowest BCUT2D eigenvalue weighted by Gasteiger charge is -2.32. The first kappa shape index (κ1) is 53.4. The van der Waals surface area contributed by atoms with Gasteiger partial charge in [-0.2, -0.15) is 12.6 Å². The van der Waals surface area contributed by atoms with Crippen LogP contribution < -0.4 is 37.6 Å². The number of likely N-dealkylation sites (tertiary alicyclic amines) is 1. The number of carboxylic acids is 2. The Bertz CT molecular complexity index is 1670. The predicted molar refractivity (Wildman–Crippen MR) is 236 cm³/mol. The van der Waals surface area contributed by atoms with Crippen LogP contribution in [0.15, 0.2) is 0 Å². The van der Waals surface area contributed by atoms with Crippen molar-refractivity contribution in [3.63, 3.8) is 0 Å². The number of carboxylic acid groups (broad SMARTS) is 2. The Hall–Kier alpha value is -4.95. The highest BCUT2D eigenvalue weighted by Gasteiger charge is 2.41. The molecule has 0 radical (unpaired) electrons. The summed E-state index contributed by atoms with van der Waals surface area (Å²) in [5.41, 5.74) is 5.49. The average Bonchev–Trinajstić information content (AvgIpc) is 3.73. The fraction of sp³-hybridized carbons (Fsp3) is 0.767. The lowest BCUT2D eigenvalue weighted by Crippen LogP contribution is -2.60. The van der Waals surface area contributed by atoms with E-state index in [1.54, 1.807) is 0 Å². The second-order valence-electron chi connectivity index (χ2n) is 18.0. The van der Waals surface area contributed by atoms with E-state index in [9.17, 15) is 58.2 Å². The summed E-state index contributed by atoms with van der Waals surface area (Å²) in [7, 11) is 0. The van der Waals surface area contributed by atoms with E-state index in [-0.39, 0.29) is 62.2 Å². The van der Waals surface area contributed by atoms with Crippen molar-refractivity contribution in [2.45, 2.75) is 179 Å². The highest BCUT2D eigenvalue weighted by molar-refractivity contribution is 7.80. The van der Waals surface area contributed by atoms with Crippen molar-refractivity contribution < 1.29 is 58.2 Å². The summed E-state index contributed by atoms with van der Waals surface area (Å²) in [5, 5.41) is 34.4. The van der Waals surface area contributed by atoms with E-state index in [0.29, 0.717) is 6.42 Å². The smallest absolute Gasteiger partial charge is 0.305 e. The van der Waals surface area contributed by atoms with Crippen molar-refractivity contribution in [3.8, 4) is 0 Å². The Morgan fingerprint density at radius 1 is 0.609 bits per heavy atom. The number of nitrogens with two attached hydrogens (primary N) is 1. The van der Waals surface area contributed by atoms with Gasteiger partial charge in [0.05, 0.1) is 6.42 Å². The van der Waals surface area contributed by atoms with Crippen LogP contribution in [0.4, 0.5) is 0 Å². The zero-order chi connectivity index (χ0) is 47.5. The molecule has 3 aliphatic rings. The molecule has 10 N–H and O–H groups in total. The minimum Gasteiger partial charge on any atom is -0.481 e. The topological polar surface area (TPSA) is 313 Å². The summed E-state index contributed by atoms with van der Waals surface area (Å²) in [4.78, 5) is 131. The van der Waals surface area contributed by atoms with Gasteiger partial charge < -0.3 is 52.7 Å². The number of primary amides is 1. The lowest BCUT2D eigenvalue weighted by molar-refractivity contribution is -0.143. The molecule has 360 valence electrons. The number of nitrogens with one attached hydrogen (secondary N) is 6. The molecule has 0 aromatic rings. The van der Waals surface area contributed by atoms with Crippen LogP contribution in [0, 0.1) is 17.8 Å². The van der Waals surface area contributed by atoms with E-state index in [4.69, 9.17) is 5.73 Å². The third-order valence-corrected chi connectivity index (χ3v) is 12.6. The van der Waals surface area contributed by atoms with Gasteiger partial charge in [-0.05, 0) is 56.3 Å². The number of nitrogens with zero attached hydrogens (tertiary/aromatic N) is 1. The van der Waals surface area contributed by atoms with Crippen molar-refractivity contribution in [1.82, 2.24) is 36.8 Å². The van der Waals surface area contributed by atoms with Crippen LogP contribution in [0.1, 0.15) is 136 Å². The largest absolute Gasteiger partial charge is 0.481 e. The quantitative estimate of drug-likeness (QED) is 0.0565. The number of carbonyl (C=O) groups excluding carboxylic acids is 8. The van der Waals surface area contributed by atoms with Crippen LogP contribution >= 0.6 is 12.6 Å². The Kier molecular flexibility index (Phi) is 22.3. The first-order chi connectivity index (χ1) is 30.3. The van der Waals surface area contributed by atoms with Crippen molar-refractivity contribution in [3.05, 3.63) is 0 Å². The van der Waals surface area contributed by atoms with Crippen LogP contribution in [-0.2, 0) is 47.9 Å². The molecule has 20 nitrogen and oxygen atoms in total. The van der Waals surface area contributed by atoms with Gasteiger partial charge >= 0.3 is 11.9 Å². The number of hydrogen-bond acceptors (Lipinski definition) is 11. The molecule has 2 saturated carbocycles. The molecule has 0 unspecified atom stereocenters. The molecule has 7 atom stereocenters. The molecule has 0 bridgehead atoms. The molecule has 21 heteroatoms. The van der Waals surface area contributed by atoms with E-state index in [0.717, 1.165) is 64.2 Å². The summed E-state index contributed by atoms with van der Waals surface area (Å²) in [6, 6.07) is -8.63. The third kappa shape index (κ3) is 17.9. The summed E-state index contributed by atoms with van der Waals surface area (Å²) in [5.74, 6) is -8.56. The fourth-order valence-corrected chi connectivity index (χ4v) is 9.15. The van der Waals surface area contributed by atoms with E-state index >= 15 is 0 Å². The van der Waals surface area contributed by atoms with Crippen LogP contribution in [-0.4, -0.2) is 129 Å². The number of hydrogen-bond donors (Lipinski definition) is 10. The Morgan fingerprint density at radius 3 is 1.58 bits per heavy atom. The van der Waals surface area contributed by atoms with Gasteiger partial charge in [-0.1, -0.05) is 78.1 Å². The van der Waals surface area contributed by atoms with Crippen molar-refractivity contribution in [1.29, 1.82) is 0 Å². The first-order valence-electron chi connectivity index (χ1n) is 22.7. The van der Waals surface area contributed by atoms with Crippen LogP contribution in [0.2, 0.25) is 0 Å². The first-order valence-corrected chi connectivity index (χ1v) is 23.4. The maximum atomic E-state index is 14.2. The molecular formula is C43H70N8O12S. The molecule has 0 aromatic heterocycles. The zero-order valence-corrected chi connectivity index (χ0v) is 38.3. The minimum absolute atomic E-state index is 0.0275. The zero-order valence-electron chi connectivity index (χ0n) is 37.4. The molecule has 8 amide bonds. The van der Waals surface area contributed by atoms with Gasteiger partial charge in [0.25, 0.3) is 0 Å². The van der Waals surface area contributed by atoms with Crippen molar-refractivity contribution in [2.75, 3.05) is 12.3 Å². The van der Waals surface area contributed by atoms with Gasteiger partial charge in [-0.15, -0.1) is 0 Å². The second-order valence-corrected chi connectivity index (χ2v) is 18.3. The molecule has 3 fully saturated rings. The highest BCUT2D eigenvalue weighted by atomic mass is 32.1. The van der Waals surface area contributed by atoms with Gasteiger partial charge in [-0.3, -0.25) is 47.9 Å². The van der Waals surface area contributed by atoms with E-state index in [1.165, 1.54) is 11.8 Å². The monoisotopic (exact) mass is 922 g/mol. The molecule has 2 aliphatic carbocycles. The van der Waals surface area contributed by atoms with Crippen molar-refractivity contribution in [2.24, 2.45) is 23.5 Å². The van der Waals surface area contributed by atoms with Gasteiger partial charge in [-0.25, -0.2) is 0 Å².